The maximum atomic E-state index is 12.5. The minimum atomic E-state index is -0.661. The minimum Gasteiger partial charge on any atom is -0.466 e. The molecule has 0 aromatic carbocycles. The van der Waals surface area contributed by atoms with E-state index >= 15 is 0 Å². The molecule has 6 heteroatoms. The van der Waals surface area contributed by atoms with Crippen molar-refractivity contribution in [2.24, 2.45) is 0 Å². The normalized spacial score (nSPS) is 12.6. The van der Waals surface area contributed by atoms with E-state index in [1.165, 1.54) is 289 Å². The zero-order valence-electron chi connectivity index (χ0n) is 48.2. The van der Waals surface area contributed by atoms with Crippen LogP contribution in [0.25, 0.3) is 0 Å². The topological polar surface area (TPSA) is 95.9 Å². The zero-order valence-corrected chi connectivity index (χ0v) is 48.2. The summed E-state index contributed by atoms with van der Waals surface area (Å²) in [7, 11) is 0. The van der Waals surface area contributed by atoms with Crippen LogP contribution in [0.1, 0.15) is 367 Å². The number of allylic oxidation sites excluding steroid dienone is 2. The molecule has 0 heterocycles. The Morgan fingerprint density at radius 2 is 0.662 bits per heavy atom. The van der Waals surface area contributed by atoms with E-state index in [2.05, 4.69) is 31.3 Å². The van der Waals surface area contributed by atoms with Gasteiger partial charge in [0.05, 0.1) is 25.4 Å². The van der Waals surface area contributed by atoms with Gasteiger partial charge in [0, 0.05) is 12.8 Å². The van der Waals surface area contributed by atoms with E-state index in [9.17, 15) is 19.8 Å². The molecule has 0 fully saturated rings. The Hall–Kier alpha value is -1.40. The van der Waals surface area contributed by atoms with Gasteiger partial charge in [0.15, 0.2) is 0 Å². The maximum Gasteiger partial charge on any atom is 0.305 e. The van der Waals surface area contributed by atoms with Crippen molar-refractivity contribution in [2.45, 2.75) is 379 Å². The molecule has 71 heavy (non-hydrogen) atoms. The van der Waals surface area contributed by atoms with E-state index in [1.54, 1.807) is 0 Å². The molecule has 6 nitrogen and oxygen atoms in total. The van der Waals surface area contributed by atoms with Crippen LogP contribution in [0.2, 0.25) is 0 Å². The molecule has 0 aromatic heterocycles. The monoisotopic (exact) mass is 1000 g/mol. The lowest BCUT2D eigenvalue weighted by atomic mass is 10.0. The Balaban J connectivity index is 3.33. The molecule has 2 unspecified atom stereocenters. The summed E-state index contributed by atoms with van der Waals surface area (Å²) in [6.45, 7) is 4.97. The van der Waals surface area contributed by atoms with Crippen LogP contribution >= 0.6 is 0 Å². The largest absolute Gasteiger partial charge is 0.466 e. The molecule has 0 aliphatic rings. The lowest BCUT2D eigenvalue weighted by Gasteiger charge is -2.22. The highest BCUT2D eigenvalue weighted by atomic mass is 16.5. The number of amides is 1. The second-order valence-corrected chi connectivity index (χ2v) is 22.5. The smallest absolute Gasteiger partial charge is 0.305 e. The highest BCUT2D eigenvalue weighted by molar-refractivity contribution is 5.76. The first kappa shape index (κ1) is 69.6. The average Bonchev–Trinajstić information content (AvgIpc) is 3.37. The molecule has 0 spiro atoms. The highest BCUT2D eigenvalue weighted by Crippen LogP contribution is 2.18. The second-order valence-electron chi connectivity index (χ2n) is 22.5. The van der Waals surface area contributed by atoms with E-state index < -0.39 is 12.1 Å². The van der Waals surface area contributed by atoms with Gasteiger partial charge in [-0.2, -0.15) is 0 Å². The van der Waals surface area contributed by atoms with Crippen molar-refractivity contribution in [1.82, 2.24) is 5.32 Å². The van der Waals surface area contributed by atoms with Crippen molar-refractivity contribution in [3.63, 3.8) is 0 Å². The van der Waals surface area contributed by atoms with Crippen LogP contribution in [0.15, 0.2) is 12.2 Å². The van der Waals surface area contributed by atoms with Crippen molar-refractivity contribution in [1.29, 1.82) is 0 Å². The number of esters is 1. The summed E-state index contributed by atoms with van der Waals surface area (Å²) in [6, 6.07) is -0.538. The van der Waals surface area contributed by atoms with Gasteiger partial charge in [-0.25, -0.2) is 0 Å². The lowest BCUT2D eigenvalue weighted by molar-refractivity contribution is -0.143. The third-order valence-corrected chi connectivity index (χ3v) is 15.3. The molecule has 2 atom stereocenters. The van der Waals surface area contributed by atoms with Crippen LogP contribution in [0.4, 0.5) is 0 Å². The van der Waals surface area contributed by atoms with Crippen molar-refractivity contribution in [2.75, 3.05) is 13.2 Å². The number of nitrogens with one attached hydrogen (secondary N) is 1. The van der Waals surface area contributed by atoms with Gasteiger partial charge < -0.3 is 20.3 Å². The number of carbonyl (C=O) groups is 2. The molecule has 3 N–H and O–H groups in total. The number of aliphatic hydroxyl groups is 2. The van der Waals surface area contributed by atoms with Crippen LogP contribution in [-0.4, -0.2) is 47.4 Å². The third kappa shape index (κ3) is 57.7. The number of hydrogen-bond acceptors (Lipinski definition) is 5. The number of hydrogen-bond donors (Lipinski definition) is 3. The molecule has 0 aromatic rings. The van der Waals surface area contributed by atoms with Gasteiger partial charge in [-0.1, -0.05) is 315 Å². The fourth-order valence-corrected chi connectivity index (χ4v) is 10.3. The van der Waals surface area contributed by atoms with Gasteiger partial charge in [0.2, 0.25) is 5.91 Å². The number of unbranched alkanes of at least 4 members (excludes halogenated alkanes) is 48. The SMILES string of the molecule is CCCCCCC/C=C\CCCCCCCC(=O)OCCCCCCCCCCCCCCCCCCCCCCCCCCCCCC(=O)NC(CO)C(O)CCCCCCCCCCCCCCC. The first-order chi connectivity index (χ1) is 35.0. The molecular formula is C65H127NO5. The molecule has 0 bridgehead atoms. The quantitative estimate of drug-likeness (QED) is 0.0320. The third-order valence-electron chi connectivity index (χ3n) is 15.3. The van der Waals surface area contributed by atoms with E-state index in [0.717, 1.165) is 44.9 Å². The van der Waals surface area contributed by atoms with E-state index in [1.807, 2.05) is 0 Å². The van der Waals surface area contributed by atoms with Crippen LogP contribution in [0.3, 0.4) is 0 Å². The standard InChI is InChI=1S/C65H127NO5/c1-3-5-7-9-11-13-15-17-35-39-43-47-51-55-59-65(70)71-60-56-52-48-44-40-36-32-30-28-26-24-22-20-18-19-21-23-25-27-29-31-34-38-42-46-50-54-58-64(69)66-62(61-67)63(68)57-53-49-45-41-37-33-16-14-12-10-8-6-4-2/h15,17,62-63,67-68H,3-14,16,18-61H2,1-2H3,(H,66,69)/b17-15-. The summed E-state index contributed by atoms with van der Waals surface area (Å²) in [5.74, 6) is -0.0202. The van der Waals surface area contributed by atoms with Crippen molar-refractivity contribution in [3.8, 4) is 0 Å². The predicted molar refractivity (Wildman–Crippen MR) is 310 cm³/mol. The van der Waals surface area contributed by atoms with E-state index in [-0.39, 0.29) is 18.5 Å². The summed E-state index contributed by atoms with van der Waals surface area (Å²) in [5, 5.41) is 23.3. The maximum absolute atomic E-state index is 12.5. The average molecular weight is 1000 g/mol. The van der Waals surface area contributed by atoms with Crippen molar-refractivity contribution < 1.29 is 24.5 Å². The van der Waals surface area contributed by atoms with Gasteiger partial charge in [-0.05, 0) is 51.4 Å². The highest BCUT2D eigenvalue weighted by Gasteiger charge is 2.20. The number of aliphatic hydroxyl groups excluding tert-OH is 2. The van der Waals surface area contributed by atoms with Gasteiger partial charge in [-0.3, -0.25) is 9.59 Å². The van der Waals surface area contributed by atoms with Crippen molar-refractivity contribution in [3.05, 3.63) is 12.2 Å². The number of rotatable bonds is 61. The fraction of sp³-hybridized carbons (Fsp3) is 0.938. The lowest BCUT2D eigenvalue weighted by Crippen LogP contribution is -2.45. The van der Waals surface area contributed by atoms with E-state index in [0.29, 0.717) is 25.9 Å². The number of carbonyl (C=O) groups excluding carboxylic acids is 2. The first-order valence-electron chi connectivity index (χ1n) is 32.4. The van der Waals surface area contributed by atoms with Gasteiger partial charge in [0.1, 0.15) is 0 Å². The minimum absolute atomic E-state index is 0.0101. The second kappa shape index (κ2) is 61.1. The van der Waals surface area contributed by atoms with Crippen LogP contribution in [0, 0.1) is 0 Å². The molecule has 0 saturated heterocycles. The van der Waals surface area contributed by atoms with Gasteiger partial charge in [0.25, 0.3) is 0 Å². The molecular weight excluding hydrogens is 875 g/mol. The first-order valence-corrected chi connectivity index (χ1v) is 32.4. The van der Waals surface area contributed by atoms with Gasteiger partial charge in [-0.15, -0.1) is 0 Å². The Morgan fingerprint density at radius 1 is 0.380 bits per heavy atom. The molecule has 0 rings (SSSR count). The molecule has 0 saturated carbocycles. The van der Waals surface area contributed by atoms with Crippen LogP contribution in [-0.2, 0) is 14.3 Å². The van der Waals surface area contributed by atoms with Crippen LogP contribution < -0.4 is 5.32 Å². The molecule has 422 valence electrons. The molecule has 1 amide bonds. The summed E-state index contributed by atoms with van der Waals surface area (Å²) in [4.78, 5) is 24.5. The Kier molecular flexibility index (Phi) is 59.9. The summed E-state index contributed by atoms with van der Waals surface area (Å²) >= 11 is 0. The number of ether oxygens (including phenoxy) is 1. The fourth-order valence-electron chi connectivity index (χ4n) is 10.3. The summed E-state index contributed by atoms with van der Waals surface area (Å²) < 4.78 is 5.48. The molecule has 0 aliphatic carbocycles. The summed E-state index contributed by atoms with van der Waals surface area (Å²) in [6.07, 6.45) is 73.8. The van der Waals surface area contributed by atoms with Gasteiger partial charge >= 0.3 is 5.97 Å². The van der Waals surface area contributed by atoms with Crippen LogP contribution in [0.5, 0.6) is 0 Å². The zero-order chi connectivity index (χ0) is 51.4. The van der Waals surface area contributed by atoms with Crippen molar-refractivity contribution >= 4 is 11.9 Å². The Bertz CT molecular complexity index is 1060. The summed E-state index contributed by atoms with van der Waals surface area (Å²) in [5.41, 5.74) is 0. The molecule has 0 aliphatic heterocycles. The Labute approximate surface area is 444 Å². The molecule has 0 radical (unpaired) electrons. The predicted octanol–water partition coefficient (Wildman–Crippen LogP) is 20.4. The van der Waals surface area contributed by atoms with E-state index in [4.69, 9.17) is 4.74 Å². The Morgan fingerprint density at radius 3 is 1.00 bits per heavy atom.